The van der Waals surface area contributed by atoms with Crippen LogP contribution in [0.25, 0.3) is 0 Å². The van der Waals surface area contributed by atoms with Gasteiger partial charge in [-0.05, 0) is 68.6 Å². The Morgan fingerprint density at radius 3 is 2.62 bits per heavy atom. The molecule has 1 N–H and O–H groups in total. The van der Waals surface area contributed by atoms with Gasteiger partial charge in [0.15, 0.2) is 0 Å². The van der Waals surface area contributed by atoms with E-state index >= 15 is 0 Å². The Labute approximate surface area is 126 Å². The van der Waals surface area contributed by atoms with Gasteiger partial charge >= 0.3 is 0 Å². The van der Waals surface area contributed by atoms with Crippen LogP contribution in [0.15, 0.2) is 0 Å². The Bertz CT molecular complexity index is 484. The molecule has 4 heteroatoms. The third-order valence-corrected chi connectivity index (χ3v) is 6.60. The molecule has 0 aromatic heterocycles. The zero-order chi connectivity index (χ0) is 14.6. The number of amides is 1. The number of likely N-dealkylation sites (tertiary alicyclic amines) is 1. The summed E-state index contributed by atoms with van der Waals surface area (Å²) in [5.74, 6) is 2.16. The minimum absolute atomic E-state index is 0.102. The van der Waals surface area contributed by atoms with E-state index in [-0.39, 0.29) is 17.9 Å². The van der Waals surface area contributed by atoms with Crippen molar-refractivity contribution in [2.45, 2.75) is 63.0 Å². The van der Waals surface area contributed by atoms with E-state index in [1.54, 1.807) is 4.90 Å². The Morgan fingerprint density at radius 1 is 1.29 bits per heavy atom. The lowest BCUT2D eigenvalue weighted by atomic mass is 9.49. The molecule has 4 nitrogen and oxygen atoms in total. The molecular weight excluding hydrogens is 264 g/mol. The predicted octanol–water partition coefficient (Wildman–Crippen LogP) is 2.08. The van der Waals surface area contributed by atoms with Crippen LogP contribution >= 0.6 is 0 Å². The molecule has 0 radical (unpaired) electrons. The molecule has 3 unspecified atom stereocenters. The monoisotopic (exact) mass is 288 g/mol. The zero-order valence-electron chi connectivity index (χ0n) is 12.5. The zero-order valence-corrected chi connectivity index (χ0v) is 12.5. The van der Waals surface area contributed by atoms with E-state index in [9.17, 15) is 9.90 Å². The van der Waals surface area contributed by atoms with E-state index in [2.05, 4.69) is 6.07 Å². The van der Waals surface area contributed by atoms with Crippen LogP contribution in [0.3, 0.4) is 0 Å². The Hall–Kier alpha value is -1.08. The van der Waals surface area contributed by atoms with E-state index in [1.807, 2.05) is 0 Å². The SMILES string of the molecule is N#C[C@@H]1CCCN1C(=O)CC1C2CC3CC(C2)CC1(O)C3. The number of hydrogen-bond donors (Lipinski definition) is 1. The number of nitrogens with zero attached hydrogens (tertiary/aromatic N) is 2. The molecule has 4 atom stereocenters. The minimum Gasteiger partial charge on any atom is -0.390 e. The van der Waals surface area contributed by atoms with E-state index in [4.69, 9.17) is 5.26 Å². The van der Waals surface area contributed by atoms with Gasteiger partial charge in [-0.3, -0.25) is 4.79 Å². The smallest absolute Gasteiger partial charge is 0.224 e. The van der Waals surface area contributed by atoms with Gasteiger partial charge in [-0.15, -0.1) is 0 Å². The van der Waals surface area contributed by atoms with Crippen molar-refractivity contribution in [1.29, 1.82) is 5.26 Å². The number of rotatable bonds is 2. The molecule has 5 aliphatic rings. The number of carbonyl (C=O) groups is 1. The van der Waals surface area contributed by atoms with Crippen LogP contribution in [0.4, 0.5) is 0 Å². The second kappa shape index (κ2) is 4.71. The highest BCUT2D eigenvalue weighted by Crippen LogP contribution is 2.59. The van der Waals surface area contributed by atoms with E-state index < -0.39 is 5.60 Å². The van der Waals surface area contributed by atoms with Crippen LogP contribution in [0.1, 0.15) is 51.4 Å². The summed E-state index contributed by atoms with van der Waals surface area (Å²) in [6.45, 7) is 0.720. The van der Waals surface area contributed by atoms with Gasteiger partial charge in [-0.2, -0.15) is 5.26 Å². The lowest BCUT2D eigenvalue weighted by Gasteiger charge is -2.59. The summed E-state index contributed by atoms with van der Waals surface area (Å²) in [7, 11) is 0. The van der Waals surface area contributed by atoms with E-state index in [0.29, 0.717) is 24.2 Å². The Balaban J connectivity index is 1.49. The van der Waals surface area contributed by atoms with Crippen molar-refractivity contribution >= 4 is 5.91 Å². The highest BCUT2D eigenvalue weighted by atomic mass is 16.3. The summed E-state index contributed by atoms with van der Waals surface area (Å²) in [5, 5.41) is 20.2. The quantitative estimate of drug-likeness (QED) is 0.846. The van der Waals surface area contributed by atoms with Crippen molar-refractivity contribution < 1.29 is 9.90 Å². The molecular formula is C17H24N2O2. The summed E-state index contributed by atoms with van der Waals surface area (Å²) in [6, 6.07) is 2.02. The van der Waals surface area contributed by atoms with Crippen LogP contribution in [0.5, 0.6) is 0 Å². The summed E-state index contributed by atoms with van der Waals surface area (Å²) in [5.41, 5.74) is -0.591. The average molecular weight is 288 g/mol. The molecule has 1 amide bonds. The van der Waals surface area contributed by atoms with Gasteiger partial charge in [0.25, 0.3) is 0 Å². The van der Waals surface area contributed by atoms with Gasteiger partial charge in [-0.25, -0.2) is 0 Å². The van der Waals surface area contributed by atoms with E-state index in [1.165, 1.54) is 19.3 Å². The van der Waals surface area contributed by atoms with Crippen molar-refractivity contribution in [3.8, 4) is 6.07 Å². The van der Waals surface area contributed by atoms with Gasteiger partial charge < -0.3 is 10.0 Å². The largest absolute Gasteiger partial charge is 0.390 e. The highest BCUT2D eigenvalue weighted by molar-refractivity contribution is 5.77. The standard InChI is InChI=1S/C17H24N2O2/c18-10-14-2-1-3-19(14)16(20)7-15-13-5-11-4-12(6-13)9-17(15,21)8-11/h11-15,21H,1-9H2/t11?,12?,13?,14-,15?,17?/m0/s1. The molecule has 21 heavy (non-hydrogen) atoms. The number of carbonyl (C=O) groups excluding carboxylic acids is 1. The molecule has 0 spiro atoms. The molecule has 1 saturated heterocycles. The first-order valence-corrected chi connectivity index (χ1v) is 8.50. The molecule has 5 fully saturated rings. The highest BCUT2D eigenvalue weighted by Gasteiger charge is 2.56. The maximum absolute atomic E-state index is 12.6. The third kappa shape index (κ3) is 2.09. The fraction of sp³-hybridized carbons (Fsp3) is 0.882. The fourth-order valence-corrected chi connectivity index (χ4v) is 5.96. The lowest BCUT2D eigenvalue weighted by Crippen LogP contribution is -2.58. The molecule has 114 valence electrons. The number of hydrogen-bond acceptors (Lipinski definition) is 3. The van der Waals surface area contributed by atoms with Gasteiger partial charge in [-0.1, -0.05) is 0 Å². The maximum atomic E-state index is 12.6. The van der Waals surface area contributed by atoms with Gasteiger partial charge in [0.1, 0.15) is 6.04 Å². The van der Waals surface area contributed by atoms with Crippen LogP contribution in [0.2, 0.25) is 0 Å². The normalized spacial score (nSPS) is 47.6. The van der Waals surface area contributed by atoms with Crippen molar-refractivity contribution in [1.82, 2.24) is 4.90 Å². The fourth-order valence-electron chi connectivity index (χ4n) is 5.96. The molecule has 4 saturated carbocycles. The number of nitriles is 1. The summed E-state index contributed by atoms with van der Waals surface area (Å²) in [6.07, 6.45) is 7.72. The molecule has 4 aliphatic carbocycles. The minimum atomic E-state index is -0.591. The van der Waals surface area contributed by atoms with E-state index in [0.717, 1.165) is 32.2 Å². The molecule has 1 aliphatic heterocycles. The molecule has 5 rings (SSSR count). The van der Waals surface area contributed by atoms with Gasteiger partial charge in [0.2, 0.25) is 5.91 Å². The second-order valence-corrected chi connectivity index (χ2v) is 7.90. The third-order valence-electron chi connectivity index (χ3n) is 6.60. The predicted molar refractivity (Wildman–Crippen MR) is 77.0 cm³/mol. The van der Waals surface area contributed by atoms with Crippen LogP contribution < -0.4 is 0 Å². The topological polar surface area (TPSA) is 64.3 Å². The molecule has 4 bridgehead atoms. The first kappa shape index (κ1) is 13.6. The van der Waals surface area contributed by atoms with Crippen molar-refractivity contribution in [2.24, 2.45) is 23.7 Å². The molecule has 0 aromatic carbocycles. The van der Waals surface area contributed by atoms with Crippen molar-refractivity contribution in [3.05, 3.63) is 0 Å². The average Bonchev–Trinajstić information content (AvgIpc) is 2.90. The summed E-state index contributed by atoms with van der Waals surface area (Å²) >= 11 is 0. The molecule has 1 heterocycles. The Kier molecular flexibility index (Phi) is 3.04. The first-order chi connectivity index (χ1) is 10.1. The van der Waals surface area contributed by atoms with Crippen LogP contribution in [-0.4, -0.2) is 34.1 Å². The molecule has 0 aromatic rings. The second-order valence-electron chi connectivity index (χ2n) is 7.90. The van der Waals surface area contributed by atoms with Gasteiger partial charge in [0.05, 0.1) is 11.7 Å². The van der Waals surface area contributed by atoms with Crippen molar-refractivity contribution in [2.75, 3.05) is 6.54 Å². The number of aliphatic hydroxyl groups is 1. The van der Waals surface area contributed by atoms with Gasteiger partial charge in [0, 0.05) is 13.0 Å². The summed E-state index contributed by atoms with van der Waals surface area (Å²) < 4.78 is 0. The first-order valence-electron chi connectivity index (χ1n) is 8.50. The van der Waals surface area contributed by atoms with Crippen LogP contribution in [0, 0.1) is 35.0 Å². The van der Waals surface area contributed by atoms with Crippen LogP contribution in [-0.2, 0) is 4.79 Å². The maximum Gasteiger partial charge on any atom is 0.224 e. The Morgan fingerprint density at radius 2 is 2.00 bits per heavy atom. The summed E-state index contributed by atoms with van der Waals surface area (Å²) in [4.78, 5) is 14.4. The lowest BCUT2D eigenvalue weighted by molar-refractivity contribution is -0.178. The van der Waals surface area contributed by atoms with Crippen molar-refractivity contribution in [3.63, 3.8) is 0 Å².